The van der Waals surface area contributed by atoms with Crippen molar-refractivity contribution >= 4 is 17.3 Å². The van der Waals surface area contributed by atoms with Crippen molar-refractivity contribution in [2.45, 2.75) is 38.1 Å². The molecule has 2 N–H and O–H groups in total. The number of rotatable bonds is 4. The molecular formula is C19H20N4O. The maximum absolute atomic E-state index is 12.2. The van der Waals surface area contributed by atoms with Crippen molar-refractivity contribution in [2.24, 2.45) is 0 Å². The van der Waals surface area contributed by atoms with Crippen LogP contribution in [0, 0.1) is 11.3 Å². The van der Waals surface area contributed by atoms with Crippen LogP contribution < -0.4 is 10.6 Å². The molecule has 1 aromatic heterocycles. The van der Waals surface area contributed by atoms with E-state index in [0.29, 0.717) is 23.0 Å². The molecule has 1 aliphatic carbocycles. The Labute approximate surface area is 141 Å². The summed E-state index contributed by atoms with van der Waals surface area (Å²) in [6.07, 6.45) is 7.97. The fourth-order valence-corrected chi connectivity index (χ4v) is 2.92. The van der Waals surface area contributed by atoms with Crippen molar-refractivity contribution in [3.8, 4) is 6.07 Å². The van der Waals surface area contributed by atoms with Crippen LogP contribution in [0.15, 0.2) is 42.6 Å². The zero-order chi connectivity index (χ0) is 16.8. The van der Waals surface area contributed by atoms with E-state index in [4.69, 9.17) is 5.26 Å². The van der Waals surface area contributed by atoms with Gasteiger partial charge in [0.15, 0.2) is 0 Å². The molecule has 24 heavy (non-hydrogen) atoms. The maximum Gasteiger partial charge on any atom is 0.274 e. The van der Waals surface area contributed by atoms with E-state index < -0.39 is 0 Å². The molecule has 0 radical (unpaired) electrons. The number of pyridine rings is 1. The van der Waals surface area contributed by atoms with Gasteiger partial charge >= 0.3 is 0 Å². The largest absolute Gasteiger partial charge is 0.381 e. The number of aromatic nitrogens is 1. The second-order valence-corrected chi connectivity index (χ2v) is 6.05. The lowest BCUT2D eigenvalue weighted by atomic mass is 9.95. The van der Waals surface area contributed by atoms with Crippen LogP contribution in [0.25, 0.3) is 0 Å². The van der Waals surface area contributed by atoms with E-state index in [0.717, 1.165) is 5.69 Å². The Hall–Kier alpha value is -2.87. The minimum absolute atomic E-state index is 0.260. The summed E-state index contributed by atoms with van der Waals surface area (Å²) in [4.78, 5) is 16.5. The predicted octanol–water partition coefficient (Wildman–Crippen LogP) is 3.95. The molecule has 1 aliphatic rings. The van der Waals surface area contributed by atoms with Gasteiger partial charge in [0.1, 0.15) is 5.69 Å². The van der Waals surface area contributed by atoms with E-state index >= 15 is 0 Å². The van der Waals surface area contributed by atoms with E-state index in [9.17, 15) is 4.79 Å². The summed E-state index contributed by atoms with van der Waals surface area (Å²) in [6, 6.07) is 12.9. The predicted molar refractivity (Wildman–Crippen MR) is 93.8 cm³/mol. The van der Waals surface area contributed by atoms with E-state index in [-0.39, 0.29) is 5.91 Å². The maximum atomic E-state index is 12.2. The number of hydrogen-bond donors (Lipinski definition) is 2. The molecule has 0 spiro atoms. The van der Waals surface area contributed by atoms with E-state index in [1.54, 1.807) is 36.5 Å². The fraction of sp³-hybridized carbons (Fsp3) is 0.316. The molecule has 3 rings (SSSR count). The molecule has 0 aliphatic heterocycles. The van der Waals surface area contributed by atoms with Gasteiger partial charge in [0.05, 0.1) is 23.5 Å². The highest BCUT2D eigenvalue weighted by atomic mass is 16.1. The van der Waals surface area contributed by atoms with Crippen molar-refractivity contribution in [2.75, 3.05) is 10.6 Å². The zero-order valence-corrected chi connectivity index (χ0v) is 13.5. The monoisotopic (exact) mass is 320 g/mol. The molecule has 1 amide bonds. The van der Waals surface area contributed by atoms with Gasteiger partial charge in [0.25, 0.3) is 5.91 Å². The van der Waals surface area contributed by atoms with Crippen LogP contribution in [0.2, 0.25) is 0 Å². The van der Waals surface area contributed by atoms with Gasteiger partial charge in [-0.05, 0) is 49.2 Å². The normalized spacial score (nSPS) is 14.6. The van der Waals surface area contributed by atoms with Gasteiger partial charge in [-0.3, -0.25) is 4.79 Å². The van der Waals surface area contributed by atoms with Crippen molar-refractivity contribution in [3.63, 3.8) is 0 Å². The number of anilines is 2. The molecule has 0 saturated heterocycles. The third-order valence-corrected chi connectivity index (χ3v) is 4.24. The molecule has 1 fully saturated rings. The lowest BCUT2D eigenvalue weighted by Crippen LogP contribution is -2.22. The van der Waals surface area contributed by atoms with Crippen molar-refractivity contribution in [1.29, 1.82) is 5.26 Å². The molecule has 1 aromatic carbocycles. The lowest BCUT2D eigenvalue weighted by Gasteiger charge is -2.23. The topological polar surface area (TPSA) is 77.8 Å². The fourth-order valence-electron chi connectivity index (χ4n) is 2.92. The Morgan fingerprint density at radius 3 is 2.38 bits per heavy atom. The number of nitrogens with one attached hydrogen (secondary N) is 2. The molecule has 1 heterocycles. The number of carbonyl (C=O) groups is 1. The molecule has 1 saturated carbocycles. The minimum atomic E-state index is -0.260. The number of nitriles is 1. The molecule has 122 valence electrons. The summed E-state index contributed by atoms with van der Waals surface area (Å²) in [5.74, 6) is -0.260. The van der Waals surface area contributed by atoms with Gasteiger partial charge in [0, 0.05) is 11.7 Å². The molecule has 0 atom stereocenters. The first-order chi connectivity index (χ1) is 11.7. The lowest BCUT2D eigenvalue weighted by molar-refractivity contribution is 0.102. The minimum Gasteiger partial charge on any atom is -0.381 e. The summed E-state index contributed by atoms with van der Waals surface area (Å²) < 4.78 is 0. The van der Waals surface area contributed by atoms with Gasteiger partial charge in [0.2, 0.25) is 0 Å². The van der Waals surface area contributed by atoms with Crippen molar-refractivity contribution in [1.82, 2.24) is 4.98 Å². The molecule has 0 bridgehead atoms. The molecule has 5 heteroatoms. The standard InChI is InChI=1S/C19H20N4O/c20-12-14-6-8-16(9-7-14)23-19(24)18-11-10-17(13-21-18)22-15-4-2-1-3-5-15/h6-11,13,15,22H,1-5H2,(H,23,24). The summed E-state index contributed by atoms with van der Waals surface area (Å²) in [5, 5.41) is 15.0. The van der Waals surface area contributed by atoms with Crippen LogP contribution >= 0.6 is 0 Å². The Morgan fingerprint density at radius 2 is 1.75 bits per heavy atom. The quantitative estimate of drug-likeness (QED) is 0.894. The SMILES string of the molecule is N#Cc1ccc(NC(=O)c2ccc(NC3CCCCC3)cn2)cc1. The van der Waals surface area contributed by atoms with Gasteiger partial charge in [-0.2, -0.15) is 5.26 Å². The van der Waals surface area contributed by atoms with Gasteiger partial charge < -0.3 is 10.6 Å². The highest BCUT2D eigenvalue weighted by Crippen LogP contribution is 2.21. The summed E-state index contributed by atoms with van der Waals surface area (Å²) in [6.45, 7) is 0. The van der Waals surface area contributed by atoms with Crippen LogP contribution in [0.1, 0.15) is 48.2 Å². The number of carbonyl (C=O) groups excluding carboxylic acids is 1. The Bertz CT molecular complexity index is 725. The first-order valence-electron chi connectivity index (χ1n) is 8.29. The smallest absolute Gasteiger partial charge is 0.274 e. The van der Waals surface area contributed by atoms with Gasteiger partial charge in [-0.15, -0.1) is 0 Å². The van der Waals surface area contributed by atoms with Crippen LogP contribution in [0.3, 0.4) is 0 Å². The van der Waals surface area contributed by atoms with E-state index in [1.807, 2.05) is 12.1 Å². The molecule has 0 unspecified atom stereocenters. The highest BCUT2D eigenvalue weighted by Gasteiger charge is 2.13. The first-order valence-corrected chi connectivity index (χ1v) is 8.29. The Balaban J connectivity index is 1.59. The Kier molecular flexibility index (Phi) is 5.07. The van der Waals surface area contributed by atoms with Crippen LogP contribution in [-0.4, -0.2) is 16.9 Å². The molecule has 2 aromatic rings. The average molecular weight is 320 g/mol. The van der Waals surface area contributed by atoms with Crippen molar-refractivity contribution < 1.29 is 4.79 Å². The summed E-state index contributed by atoms with van der Waals surface area (Å²) in [7, 11) is 0. The first kappa shape index (κ1) is 16.0. The van der Waals surface area contributed by atoms with E-state index in [1.165, 1.54) is 32.1 Å². The molecule has 5 nitrogen and oxygen atoms in total. The van der Waals surface area contributed by atoms with Crippen LogP contribution in [0.5, 0.6) is 0 Å². The zero-order valence-electron chi connectivity index (χ0n) is 13.5. The number of benzene rings is 1. The third kappa shape index (κ3) is 4.11. The second kappa shape index (κ2) is 7.60. The number of hydrogen-bond acceptors (Lipinski definition) is 4. The van der Waals surface area contributed by atoms with Gasteiger partial charge in [-0.1, -0.05) is 19.3 Å². The molecular weight excluding hydrogens is 300 g/mol. The van der Waals surface area contributed by atoms with Crippen LogP contribution in [0.4, 0.5) is 11.4 Å². The average Bonchev–Trinajstić information content (AvgIpc) is 2.64. The van der Waals surface area contributed by atoms with Crippen molar-refractivity contribution in [3.05, 3.63) is 53.9 Å². The second-order valence-electron chi connectivity index (χ2n) is 6.05. The van der Waals surface area contributed by atoms with E-state index in [2.05, 4.69) is 15.6 Å². The third-order valence-electron chi connectivity index (χ3n) is 4.24. The number of nitrogens with zero attached hydrogens (tertiary/aromatic N) is 2. The highest BCUT2D eigenvalue weighted by molar-refractivity contribution is 6.02. The van der Waals surface area contributed by atoms with Gasteiger partial charge in [-0.25, -0.2) is 4.98 Å². The summed E-state index contributed by atoms with van der Waals surface area (Å²) >= 11 is 0. The summed E-state index contributed by atoms with van der Waals surface area (Å²) in [5.41, 5.74) is 2.53. The number of amides is 1. The Morgan fingerprint density at radius 1 is 1.04 bits per heavy atom. The van der Waals surface area contributed by atoms with Crippen LogP contribution in [-0.2, 0) is 0 Å².